The highest BCUT2D eigenvalue weighted by Gasteiger charge is 2.47. The number of nitrogens with one attached hydrogen (secondary N) is 1. The Kier molecular flexibility index (Phi) is 5.38. The molecule has 1 fully saturated rings. The van der Waals surface area contributed by atoms with E-state index in [1.807, 2.05) is 0 Å². The average Bonchev–Trinajstić information content (AvgIpc) is 2.98. The standard InChI is InChI=1S/C19H16Cl3N3O3S/c20-12-2-1-3-14(10-12)29(27,28)25-8-6-19(7-9-25)18(26)23-17(24-19)15-5-4-13(21)11-16(15)22/h1-5,10-11H,6-9H2,(H,23,24,26). The van der Waals surface area contributed by atoms with E-state index in [0.717, 1.165) is 0 Å². The van der Waals surface area contributed by atoms with Gasteiger partial charge in [0, 0.05) is 28.7 Å². The van der Waals surface area contributed by atoms with Crippen molar-refractivity contribution in [3.8, 4) is 0 Å². The van der Waals surface area contributed by atoms with E-state index in [0.29, 0.717) is 26.5 Å². The molecule has 2 aromatic carbocycles. The van der Waals surface area contributed by atoms with Crippen LogP contribution in [0.15, 0.2) is 52.4 Å². The number of amidine groups is 1. The number of halogens is 3. The van der Waals surface area contributed by atoms with Crippen molar-refractivity contribution in [2.45, 2.75) is 23.3 Å². The predicted molar refractivity (Wildman–Crippen MR) is 113 cm³/mol. The van der Waals surface area contributed by atoms with Crippen LogP contribution in [0.3, 0.4) is 0 Å². The molecule has 1 spiro atoms. The van der Waals surface area contributed by atoms with E-state index < -0.39 is 15.6 Å². The smallest absolute Gasteiger partial charge is 0.253 e. The van der Waals surface area contributed by atoms with Crippen molar-refractivity contribution in [1.29, 1.82) is 0 Å². The Hall–Kier alpha value is -1.64. The van der Waals surface area contributed by atoms with Crippen LogP contribution < -0.4 is 5.32 Å². The first-order valence-electron chi connectivity index (χ1n) is 8.84. The molecule has 29 heavy (non-hydrogen) atoms. The van der Waals surface area contributed by atoms with E-state index in [2.05, 4.69) is 10.3 Å². The number of benzene rings is 2. The third-order valence-corrected chi connectivity index (χ3v) is 7.83. The lowest BCUT2D eigenvalue weighted by molar-refractivity contribution is -0.124. The van der Waals surface area contributed by atoms with Gasteiger partial charge in [-0.3, -0.25) is 9.79 Å². The Bertz CT molecular complexity index is 1130. The Balaban J connectivity index is 1.57. The minimum atomic E-state index is -3.69. The van der Waals surface area contributed by atoms with Gasteiger partial charge >= 0.3 is 0 Å². The quantitative estimate of drug-likeness (QED) is 0.739. The molecule has 0 unspecified atom stereocenters. The van der Waals surface area contributed by atoms with Gasteiger partial charge in [-0.15, -0.1) is 0 Å². The topological polar surface area (TPSA) is 78.8 Å². The fraction of sp³-hybridized carbons (Fsp3) is 0.263. The van der Waals surface area contributed by atoms with Crippen LogP contribution in [0.4, 0.5) is 0 Å². The van der Waals surface area contributed by atoms with Crippen molar-refractivity contribution in [1.82, 2.24) is 9.62 Å². The van der Waals surface area contributed by atoms with Crippen molar-refractivity contribution < 1.29 is 13.2 Å². The molecule has 0 radical (unpaired) electrons. The van der Waals surface area contributed by atoms with Crippen LogP contribution in [0, 0.1) is 0 Å². The van der Waals surface area contributed by atoms with Crippen LogP contribution in [-0.2, 0) is 14.8 Å². The first kappa shape index (κ1) is 20.6. The Morgan fingerprint density at radius 1 is 1.00 bits per heavy atom. The fourth-order valence-corrected chi connectivity index (χ4v) is 5.78. The summed E-state index contributed by atoms with van der Waals surface area (Å²) in [5.74, 6) is 0.126. The maximum atomic E-state index is 12.9. The monoisotopic (exact) mass is 471 g/mol. The molecule has 6 nitrogen and oxygen atoms in total. The summed E-state index contributed by atoms with van der Waals surface area (Å²) < 4.78 is 27.1. The SMILES string of the molecule is O=C1NC(c2ccc(Cl)cc2Cl)=NC12CCN(S(=O)(=O)c1cccc(Cl)c1)CC2. The van der Waals surface area contributed by atoms with E-state index in [1.165, 1.54) is 16.4 Å². The molecule has 1 amide bonds. The van der Waals surface area contributed by atoms with Gasteiger partial charge in [0.15, 0.2) is 0 Å². The molecule has 4 rings (SSSR count). The summed E-state index contributed by atoms with van der Waals surface area (Å²) in [5, 5.41) is 4.00. The van der Waals surface area contributed by atoms with Gasteiger partial charge in [0.1, 0.15) is 11.4 Å². The first-order chi connectivity index (χ1) is 13.7. The van der Waals surface area contributed by atoms with Crippen molar-refractivity contribution in [3.05, 3.63) is 63.1 Å². The third kappa shape index (κ3) is 3.78. The van der Waals surface area contributed by atoms with Crippen molar-refractivity contribution in [3.63, 3.8) is 0 Å². The number of amides is 1. The maximum absolute atomic E-state index is 12.9. The molecule has 0 saturated carbocycles. The molecule has 152 valence electrons. The molecule has 0 bridgehead atoms. The van der Waals surface area contributed by atoms with Crippen molar-refractivity contribution in [2.75, 3.05) is 13.1 Å². The molecule has 0 aliphatic carbocycles. The molecular formula is C19H16Cl3N3O3S. The summed E-state index contributed by atoms with van der Waals surface area (Å²) in [6.07, 6.45) is 0.542. The zero-order valence-corrected chi connectivity index (χ0v) is 18.1. The number of sulfonamides is 1. The van der Waals surface area contributed by atoms with E-state index in [1.54, 1.807) is 30.3 Å². The largest absolute Gasteiger partial charge is 0.308 e. The Morgan fingerprint density at radius 3 is 2.34 bits per heavy atom. The lowest BCUT2D eigenvalue weighted by atomic mass is 9.89. The molecule has 2 heterocycles. The van der Waals surface area contributed by atoms with Gasteiger partial charge in [-0.25, -0.2) is 8.42 Å². The van der Waals surface area contributed by atoms with Crippen LogP contribution in [0.25, 0.3) is 0 Å². The van der Waals surface area contributed by atoms with Gasteiger partial charge < -0.3 is 5.32 Å². The summed E-state index contributed by atoms with van der Waals surface area (Å²) in [4.78, 5) is 17.4. The number of piperidine rings is 1. The summed E-state index contributed by atoms with van der Waals surface area (Å²) in [7, 11) is -3.69. The van der Waals surface area contributed by atoms with Crippen LogP contribution >= 0.6 is 34.8 Å². The van der Waals surface area contributed by atoms with E-state index in [-0.39, 0.29) is 36.7 Å². The molecule has 2 aliphatic heterocycles. The van der Waals surface area contributed by atoms with Gasteiger partial charge in [0.2, 0.25) is 10.0 Å². The highest BCUT2D eigenvalue weighted by molar-refractivity contribution is 7.89. The van der Waals surface area contributed by atoms with E-state index in [4.69, 9.17) is 34.8 Å². The van der Waals surface area contributed by atoms with Gasteiger partial charge in [0.25, 0.3) is 5.91 Å². The van der Waals surface area contributed by atoms with E-state index in [9.17, 15) is 13.2 Å². The van der Waals surface area contributed by atoms with Crippen LogP contribution in [0.5, 0.6) is 0 Å². The lowest BCUT2D eigenvalue weighted by Gasteiger charge is -2.34. The lowest BCUT2D eigenvalue weighted by Crippen LogP contribution is -2.50. The normalized spacial score (nSPS) is 19.3. The zero-order valence-electron chi connectivity index (χ0n) is 15.0. The number of hydrogen-bond acceptors (Lipinski definition) is 4. The van der Waals surface area contributed by atoms with Gasteiger partial charge in [0.05, 0.1) is 9.92 Å². The predicted octanol–water partition coefficient (Wildman–Crippen LogP) is 3.75. The molecule has 2 aliphatic rings. The molecule has 1 N–H and O–H groups in total. The summed E-state index contributed by atoms with van der Waals surface area (Å²) >= 11 is 18.1. The third-order valence-electron chi connectivity index (χ3n) is 5.15. The van der Waals surface area contributed by atoms with Crippen molar-refractivity contribution >= 4 is 56.6 Å². The van der Waals surface area contributed by atoms with Gasteiger partial charge in [-0.05, 0) is 49.2 Å². The van der Waals surface area contributed by atoms with Gasteiger partial charge in [-0.2, -0.15) is 4.31 Å². The van der Waals surface area contributed by atoms with Crippen molar-refractivity contribution in [2.24, 2.45) is 4.99 Å². The van der Waals surface area contributed by atoms with Crippen LogP contribution in [0.1, 0.15) is 18.4 Å². The number of carbonyl (C=O) groups excluding carboxylic acids is 1. The first-order valence-corrected chi connectivity index (χ1v) is 11.4. The van der Waals surface area contributed by atoms with Crippen LogP contribution in [0.2, 0.25) is 15.1 Å². The summed E-state index contributed by atoms with van der Waals surface area (Å²) in [6, 6.07) is 11.1. The number of rotatable bonds is 3. The highest BCUT2D eigenvalue weighted by atomic mass is 35.5. The number of nitrogens with zero attached hydrogens (tertiary/aromatic N) is 2. The molecule has 0 aromatic heterocycles. The number of hydrogen-bond donors (Lipinski definition) is 1. The molecular weight excluding hydrogens is 457 g/mol. The van der Waals surface area contributed by atoms with Gasteiger partial charge in [-0.1, -0.05) is 40.9 Å². The number of aliphatic imine (C=N–C) groups is 1. The second-order valence-corrected chi connectivity index (χ2v) is 10.1. The molecule has 2 aromatic rings. The van der Waals surface area contributed by atoms with E-state index >= 15 is 0 Å². The minimum Gasteiger partial charge on any atom is -0.308 e. The van der Waals surface area contributed by atoms with Crippen LogP contribution in [-0.4, -0.2) is 43.1 Å². The zero-order chi connectivity index (χ0) is 20.8. The molecule has 0 atom stereocenters. The maximum Gasteiger partial charge on any atom is 0.253 e. The fourth-order valence-electron chi connectivity index (χ4n) is 3.54. The Morgan fingerprint density at radius 2 is 1.69 bits per heavy atom. The highest BCUT2D eigenvalue weighted by Crippen LogP contribution is 2.34. The average molecular weight is 473 g/mol. The second kappa shape index (κ2) is 7.56. The second-order valence-electron chi connectivity index (χ2n) is 6.93. The summed E-state index contributed by atoms with van der Waals surface area (Å²) in [5.41, 5.74) is -0.422. The molecule has 1 saturated heterocycles. The Labute approximate surface area is 183 Å². The minimum absolute atomic E-state index is 0.133. The summed E-state index contributed by atoms with van der Waals surface area (Å²) in [6.45, 7) is 0.348. The number of carbonyl (C=O) groups is 1. The molecule has 10 heteroatoms.